The van der Waals surface area contributed by atoms with Crippen molar-refractivity contribution in [2.24, 2.45) is 0 Å². The van der Waals surface area contributed by atoms with Gasteiger partial charge in [-0.15, -0.1) is 0 Å². The summed E-state index contributed by atoms with van der Waals surface area (Å²) in [6, 6.07) is 8.41. The van der Waals surface area contributed by atoms with Crippen LogP contribution in [0.15, 0.2) is 24.3 Å². The second-order valence-corrected chi connectivity index (χ2v) is 6.17. The average Bonchev–Trinajstić information content (AvgIpc) is 2.94. The Kier molecular flexibility index (Phi) is 5.94. The van der Waals surface area contributed by atoms with E-state index in [9.17, 15) is 9.90 Å². The van der Waals surface area contributed by atoms with Crippen LogP contribution < -0.4 is 10.6 Å². The summed E-state index contributed by atoms with van der Waals surface area (Å²) in [6.07, 6.45) is 1.10. The summed E-state index contributed by atoms with van der Waals surface area (Å²) in [7, 11) is 4.03. The van der Waals surface area contributed by atoms with E-state index in [1.165, 1.54) is 11.1 Å². The molecule has 122 valence electrons. The van der Waals surface area contributed by atoms with Gasteiger partial charge in [-0.25, -0.2) is 0 Å². The molecule has 1 aromatic carbocycles. The maximum atomic E-state index is 12.1. The molecule has 3 N–H and O–H groups in total. The van der Waals surface area contributed by atoms with Gasteiger partial charge in [-0.2, -0.15) is 0 Å². The van der Waals surface area contributed by atoms with Gasteiger partial charge in [-0.1, -0.05) is 31.2 Å². The van der Waals surface area contributed by atoms with E-state index in [0.717, 1.165) is 6.42 Å². The second kappa shape index (κ2) is 7.72. The minimum Gasteiger partial charge on any atom is -0.392 e. The van der Waals surface area contributed by atoms with Crippen molar-refractivity contribution in [3.8, 4) is 0 Å². The van der Waals surface area contributed by atoms with E-state index in [4.69, 9.17) is 0 Å². The van der Waals surface area contributed by atoms with E-state index in [-0.39, 0.29) is 18.0 Å². The Hall–Kier alpha value is -1.43. The standard InChI is InChI=1S/C17H27N3O2/c1-4-12-5-7-13(8-6-12)16(20(2)3)11-19-17(22)15-9-14(21)10-18-15/h5-8,14-16,18,21H,4,9-11H2,1-3H3,(H,19,22)/t14-,15+,16+/m1/s1. The number of rotatable bonds is 6. The van der Waals surface area contributed by atoms with E-state index < -0.39 is 6.10 Å². The van der Waals surface area contributed by atoms with Gasteiger partial charge >= 0.3 is 0 Å². The fraction of sp³-hybridized carbons (Fsp3) is 0.588. The molecule has 0 aliphatic carbocycles. The summed E-state index contributed by atoms with van der Waals surface area (Å²) >= 11 is 0. The summed E-state index contributed by atoms with van der Waals surface area (Å²) in [5, 5.41) is 15.5. The van der Waals surface area contributed by atoms with Crippen LogP contribution in [0.3, 0.4) is 0 Å². The van der Waals surface area contributed by atoms with Crippen LogP contribution in [0, 0.1) is 0 Å². The van der Waals surface area contributed by atoms with Gasteiger partial charge in [0.05, 0.1) is 18.2 Å². The highest BCUT2D eigenvalue weighted by Gasteiger charge is 2.28. The number of likely N-dealkylation sites (N-methyl/N-ethyl adjacent to an activating group) is 1. The molecule has 0 radical (unpaired) electrons. The van der Waals surface area contributed by atoms with Crippen molar-refractivity contribution >= 4 is 5.91 Å². The number of carbonyl (C=O) groups is 1. The molecule has 0 aromatic heterocycles. The molecule has 22 heavy (non-hydrogen) atoms. The minimum atomic E-state index is -0.415. The lowest BCUT2D eigenvalue weighted by Gasteiger charge is -2.26. The van der Waals surface area contributed by atoms with Gasteiger partial charge in [0.15, 0.2) is 0 Å². The molecule has 0 spiro atoms. The SMILES string of the molecule is CCc1ccc([C@H](CNC(=O)[C@@H]2C[C@@H](O)CN2)N(C)C)cc1. The number of aliphatic hydroxyl groups is 1. The van der Waals surface area contributed by atoms with Gasteiger partial charge in [0.2, 0.25) is 5.91 Å². The van der Waals surface area contributed by atoms with Crippen LogP contribution in [-0.2, 0) is 11.2 Å². The summed E-state index contributed by atoms with van der Waals surface area (Å²) in [4.78, 5) is 14.3. The third-order valence-electron chi connectivity index (χ3n) is 4.29. The van der Waals surface area contributed by atoms with Gasteiger partial charge in [0.1, 0.15) is 0 Å². The molecule has 0 saturated carbocycles. The average molecular weight is 305 g/mol. The first-order valence-corrected chi connectivity index (χ1v) is 7.95. The number of aryl methyl sites for hydroxylation is 1. The number of nitrogens with one attached hydrogen (secondary N) is 2. The van der Waals surface area contributed by atoms with Crippen molar-refractivity contribution in [1.29, 1.82) is 0 Å². The lowest BCUT2D eigenvalue weighted by Crippen LogP contribution is -2.43. The monoisotopic (exact) mass is 305 g/mol. The predicted octanol–water partition coefficient (Wildman–Crippen LogP) is 0.691. The Balaban J connectivity index is 1.95. The van der Waals surface area contributed by atoms with Crippen molar-refractivity contribution in [3.05, 3.63) is 35.4 Å². The quantitative estimate of drug-likeness (QED) is 0.723. The molecule has 5 heteroatoms. The van der Waals surface area contributed by atoms with Crippen LogP contribution in [0.25, 0.3) is 0 Å². The second-order valence-electron chi connectivity index (χ2n) is 6.17. The smallest absolute Gasteiger partial charge is 0.237 e. The number of benzene rings is 1. The lowest BCUT2D eigenvalue weighted by molar-refractivity contribution is -0.123. The Labute approximate surface area is 132 Å². The van der Waals surface area contributed by atoms with E-state index in [1.54, 1.807) is 0 Å². The molecule has 0 bridgehead atoms. The Morgan fingerprint density at radius 2 is 2.09 bits per heavy atom. The molecular formula is C17H27N3O2. The third kappa shape index (κ3) is 4.29. The zero-order valence-electron chi connectivity index (χ0n) is 13.7. The summed E-state index contributed by atoms with van der Waals surface area (Å²) in [5.41, 5.74) is 2.51. The van der Waals surface area contributed by atoms with E-state index >= 15 is 0 Å². The maximum absolute atomic E-state index is 12.1. The fourth-order valence-corrected chi connectivity index (χ4v) is 2.81. The first-order chi connectivity index (χ1) is 10.5. The number of hydrogen-bond donors (Lipinski definition) is 3. The van der Waals surface area contributed by atoms with Crippen LogP contribution >= 0.6 is 0 Å². The molecule has 1 fully saturated rings. The van der Waals surface area contributed by atoms with E-state index in [1.807, 2.05) is 14.1 Å². The molecule has 1 saturated heterocycles. The van der Waals surface area contributed by atoms with Crippen LogP contribution in [-0.4, -0.2) is 55.2 Å². The van der Waals surface area contributed by atoms with E-state index in [2.05, 4.69) is 46.7 Å². The first-order valence-electron chi connectivity index (χ1n) is 7.95. The van der Waals surface area contributed by atoms with Crippen molar-refractivity contribution in [2.45, 2.75) is 38.0 Å². The highest BCUT2D eigenvalue weighted by molar-refractivity contribution is 5.82. The summed E-state index contributed by atoms with van der Waals surface area (Å²) in [5.74, 6) is -0.0337. The normalized spacial score (nSPS) is 22.8. The topological polar surface area (TPSA) is 64.6 Å². The number of carbonyl (C=O) groups excluding carboxylic acids is 1. The van der Waals surface area contributed by atoms with Crippen LogP contribution in [0.2, 0.25) is 0 Å². The first kappa shape index (κ1) is 16.9. The molecule has 2 rings (SSSR count). The third-order valence-corrected chi connectivity index (χ3v) is 4.29. The lowest BCUT2D eigenvalue weighted by atomic mass is 10.0. The van der Waals surface area contributed by atoms with Gasteiger partial charge < -0.3 is 20.6 Å². The Bertz CT molecular complexity index is 487. The molecule has 1 amide bonds. The van der Waals surface area contributed by atoms with Gasteiger partial charge in [0.25, 0.3) is 0 Å². The van der Waals surface area contributed by atoms with Crippen molar-refractivity contribution in [1.82, 2.24) is 15.5 Å². The van der Waals surface area contributed by atoms with Crippen molar-refractivity contribution in [3.63, 3.8) is 0 Å². The summed E-state index contributed by atoms with van der Waals surface area (Å²) in [6.45, 7) is 3.20. The fourth-order valence-electron chi connectivity index (χ4n) is 2.81. The number of nitrogens with zero attached hydrogens (tertiary/aromatic N) is 1. The Morgan fingerprint density at radius 1 is 1.41 bits per heavy atom. The molecule has 1 aromatic rings. The number of hydrogen-bond acceptors (Lipinski definition) is 4. The Morgan fingerprint density at radius 3 is 2.59 bits per heavy atom. The predicted molar refractivity (Wildman–Crippen MR) is 87.7 cm³/mol. The van der Waals surface area contributed by atoms with Crippen LogP contribution in [0.1, 0.15) is 30.5 Å². The number of β-amino-alcohol motifs (C(OH)–C–C–N with tert-alkyl or cyclic N) is 1. The molecule has 1 heterocycles. The van der Waals surface area contributed by atoms with Gasteiger partial charge in [-0.05, 0) is 38.1 Å². The molecule has 3 atom stereocenters. The molecule has 0 unspecified atom stereocenters. The molecule has 1 aliphatic heterocycles. The highest BCUT2D eigenvalue weighted by Crippen LogP contribution is 2.18. The summed E-state index contributed by atoms with van der Waals surface area (Å²) < 4.78 is 0. The minimum absolute atomic E-state index is 0.0337. The van der Waals surface area contributed by atoms with Crippen molar-refractivity contribution in [2.75, 3.05) is 27.2 Å². The van der Waals surface area contributed by atoms with Gasteiger partial charge in [0, 0.05) is 13.1 Å². The number of amides is 1. The zero-order chi connectivity index (χ0) is 16.1. The zero-order valence-corrected chi connectivity index (χ0v) is 13.7. The maximum Gasteiger partial charge on any atom is 0.237 e. The van der Waals surface area contributed by atoms with E-state index in [0.29, 0.717) is 19.5 Å². The van der Waals surface area contributed by atoms with Crippen molar-refractivity contribution < 1.29 is 9.90 Å². The highest BCUT2D eigenvalue weighted by atomic mass is 16.3. The largest absolute Gasteiger partial charge is 0.392 e. The molecule has 5 nitrogen and oxygen atoms in total. The molecule has 1 aliphatic rings. The molecular weight excluding hydrogens is 278 g/mol. The van der Waals surface area contributed by atoms with Gasteiger partial charge in [-0.3, -0.25) is 4.79 Å². The number of aliphatic hydroxyl groups excluding tert-OH is 1. The van der Waals surface area contributed by atoms with Crippen LogP contribution in [0.5, 0.6) is 0 Å². The van der Waals surface area contributed by atoms with Crippen LogP contribution in [0.4, 0.5) is 0 Å².